The maximum absolute atomic E-state index is 13.0. The van der Waals surface area contributed by atoms with Gasteiger partial charge in [-0.3, -0.25) is 9.59 Å². The molecule has 2 aliphatic heterocycles. The molecule has 0 radical (unpaired) electrons. The van der Waals surface area contributed by atoms with Gasteiger partial charge in [-0.05, 0) is 55.9 Å². The summed E-state index contributed by atoms with van der Waals surface area (Å²) in [7, 11) is 0. The molecule has 5 nitrogen and oxygen atoms in total. The van der Waals surface area contributed by atoms with E-state index in [2.05, 4.69) is 0 Å². The van der Waals surface area contributed by atoms with E-state index in [1.165, 1.54) is 24.3 Å². The maximum Gasteiger partial charge on any atom is 0.239 e. The Labute approximate surface area is 159 Å². The van der Waals surface area contributed by atoms with Gasteiger partial charge < -0.3 is 15.4 Å². The first-order chi connectivity index (χ1) is 12.1. The fraction of sp³-hybridized carbons (Fsp3) is 0.579. The Bertz CT molecular complexity index is 620. The SMILES string of the molecule is Cl.NC(C(=O)N1CCCC(C(=O)c2ccc(F)cc2)C1)C1CCOCC1. The largest absolute Gasteiger partial charge is 0.381 e. The number of likely N-dealkylation sites (tertiary alicyclic amines) is 1. The number of hydrogen-bond donors (Lipinski definition) is 1. The fourth-order valence-electron chi connectivity index (χ4n) is 3.73. The number of carbonyl (C=O) groups excluding carboxylic acids is 2. The zero-order valence-electron chi connectivity index (χ0n) is 14.7. The fourth-order valence-corrected chi connectivity index (χ4v) is 3.73. The first-order valence-corrected chi connectivity index (χ1v) is 8.98. The number of nitrogens with zero attached hydrogens (tertiary/aromatic N) is 1. The van der Waals surface area contributed by atoms with Gasteiger partial charge in [-0.25, -0.2) is 4.39 Å². The van der Waals surface area contributed by atoms with E-state index in [1.54, 1.807) is 4.90 Å². The highest BCUT2D eigenvalue weighted by molar-refractivity contribution is 5.98. The standard InChI is InChI=1S/C19H25FN2O3.ClH/c20-16-5-3-14(4-6-16)18(23)15-2-1-9-22(12-15)19(24)17(21)13-7-10-25-11-8-13;/h3-6,13,15,17H,1-2,7-12,21H2;1H. The Hall–Kier alpha value is -1.50. The van der Waals surface area contributed by atoms with Crippen molar-refractivity contribution in [1.82, 2.24) is 4.90 Å². The van der Waals surface area contributed by atoms with Crippen molar-refractivity contribution in [1.29, 1.82) is 0 Å². The molecule has 0 aromatic heterocycles. The van der Waals surface area contributed by atoms with Crippen molar-refractivity contribution in [2.24, 2.45) is 17.6 Å². The van der Waals surface area contributed by atoms with Gasteiger partial charge in [0.15, 0.2) is 5.78 Å². The van der Waals surface area contributed by atoms with E-state index < -0.39 is 6.04 Å². The Morgan fingerprint density at radius 3 is 2.46 bits per heavy atom. The summed E-state index contributed by atoms with van der Waals surface area (Å²) in [4.78, 5) is 27.1. The summed E-state index contributed by atoms with van der Waals surface area (Å²) in [6, 6.07) is 5.07. The molecule has 1 aromatic rings. The van der Waals surface area contributed by atoms with Crippen molar-refractivity contribution in [3.8, 4) is 0 Å². The van der Waals surface area contributed by atoms with Crippen molar-refractivity contribution < 1.29 is 18.7 Å². The Kier molecular flexibility index (Phi) is 7.55. The summed E-state index contributed by atoms with van der Waals surface area (Å²) in [5.41, 5.74) is 6.69. The molecule has 2 fully saturated rings. The van der Waals surface area contributed by atoms with Crippen LogP contribution in [0.2, 0.25) is 0 Å². The number of halogens is 2. The van der Waals surface area contributed by atoms with Crippen molar-refractivity contribution in [3.05, 3.63) is 35.6 Å². The zero-order chi connectivity index (χ0) is 17.8. The Morgan fingerprint density at radius 1 is 1.15 bits per heavy atom. The molecule has 3 rings (SSSR count). The minimum absolute atomic E-state index is 0. The molecular formula is C19H26ClFN2O3. The van der Waals surface area contributed by atoms with Crippen LogP contribution in [-0.4, -0.2) is 48.9 Å². The number of piperidine rings is 1. The molecule has 2 atom stereocenters. The predicted molar refractivity (Wildman–Crippen MR) is 98.8 cm³/mol. The first kappa shape index (κ1) is 20.8. The molecule has 2 aliphatic rings. The van der Waals surface area contributed by atoms with Gasteiger partial charge in [0.1, 0.15) is 5.82 Å². The lowest BCUT2D eigenvalue weighted by Crippen LogP contribution is -2.52. The highest BCUT2D eigenvalue weighted by atomic mass is 35.5. The first-order valence-electron chi connectivity index (χ1n) is 8.98. The lowest BCUT2D eigenvalue weighted by molar-refractivity contribution is -0.136. The van der Waals surface area contributed by atoms with Gasteiger partial charge in [-0.15, -0.1) is 12.4 Å². The van der Waals surface area contributed by atoms with Gasteiger partial charge in [0.05, 0.1) is 6.04 Å². The van der Waals surface area contributed by atoms with Crippen LogP contribution in [0.1, 0.15) is 36.0 Å². The topological polar surface area (TPSA) is 72.6 Å². The lowest BCUT2D eigenvalue weighted by Gasteiger charge is -2.36. The van der Waals surface area contributed by atoms with Gasteiger partial charge in [0, 0.05) is 37.8 Å². The Balaban J connectivity index is 0.00000243. The quantitative estimate of drug-likeness (QED) is 0.809. The zero-order valence-corrected chi connectivity index (χ0v) is 15.6. The smallest absolute Gasteiger partial charge is 0.239 e. The summed E-state index contributed by atoms with van der Waals surface area (Å²) >= 11 is 0. The molecule has 144 valence electrons. The number of Topliss-reactive ketones (excluding diaryl/α,β-unsaturated/α-hetero) is 1. The van der Waals surface area contributed by atoms with Gasteiger partial charge in [-0.2, -0.15) is 0 Å². The summed E-state index contributed by atoms with van der Waals surface area (Å²) < 4.78 is 18.4. The van der Waals surface area contributed by atoms with Crippen molar-refractivity contribution >= 4 is 24.1 Å². The monoisotopic (exact) mass is 384 g/mol. The third-order valence-corrected chi connectivity index (χ3v) is 5.29. The summed E-state index contributed by atoms with van der Waals surface area (Å²) in [5, 5.41) is 0. The van der Waals surface area contributed by atoms with E-state index >= 15 is 0 Å². The van der Waals surface area contributed by atoms with Crippen LogP contribution in [0.3, 0.4) is 0 Å². The molecule has 1 amide bonds. The van der Waals surface area contributed by atoms with Crippen LogP contribution in [-0.2, 0) is 9.53 Å². The van der Waals surface area contributed by atoms with Crippen LogP contribution in [0.15, 0.2) is 24.3 Å². The minimum atomic E-state index is -0.524. The van der Waals surface area contributed by atoms with E-state index in [-0.39, 0.29) is 41.8 Å². The van der Waals surface area contributed by atoms with Crippen LogP contribution >= 0.6 is 12.4 Å². The van der Waals surface area contributed by atoms with Crippen LogP contribution in [0, 0.1) is 17.7 Å². The number of benzene rings is 1. The van der Waals surface area contributed by atoms with Crippen LogP contribution < -0.4 is 5.73 Å². The highest BCUT2D eigenvalue weighted by Gasteiger charge is 2.34. The molecule has 1 aromatic carbocycles. The van der Waals surface area contributed by atoms with E-state index in [4.69, 9.17) is 10.5 Å². The molecule has 7 heteroatoms. The molecule has 0 saturated carbocycles. The third-order valence-electron chi connectivity index (χ3n) is 5.29. The minimum Gasteiger partial charge on any atom is -0.381 e. The van der Waals surface area contributed by atoms with Gasteiger partial charge >= 0.3 is 0 Å². The molecule has 2 saturated heterocycles. The van der Waals surface area contributed by atoms with Crippen molar-refractivity contribution in [3.63, 3.8) is 0 Å². The van der Waals surface area contributed by atoms with Crippen molar-refractivity contribution in [2.45, 2.75) is 31.7 Å². The van der Waals surface area contributed by atoms with Gasteiger partial charge in [0.2, 0.25) is 5.91 Å². The number of carbonyl (C=O) groups is 2. The Morgan fingerprint density at radius 2 is 1.81 bits per heavy atom. The summed E-state index contributed by atoms with van der Waals surface area (Å²) in [5.74, 6) is -0.556. The molecule has 0 spiro atoms. The number of hydrogen-bond acceptors (Lipinski definition) is 4. The van der Waals surface area contributed by atoms with Crippen LogP contribution in [0.5, 0.6) is 0 Å². The third kappa shape index (κ3) is 4.81. The normalized spacial score (nSPS) is 22.4. The van der Waals surface area contributed by atoms with Crippen LogP contribution in [0.4, 0.5) is 4.39 Å². The van der Waals surface area contributed by atoms with Crippen molar-refractivity contribution in [2.75, 3.05) is 26.3 Å². The molecule has 0 bridgehead atoms. The molecule has 2 heterocycles. The van der Waals surface area contributed by atoms with E-state index in [9.17, 15) is 14.0 Å². The second kappa shape index (κ2) is 9.44. The average Bonchev–Trinajstić information content (AvgIpc) is 2.67. The summed E-state index contributed by atoms with van der Waals surface area (Å²) in [6.07, 6.45) is 3.13. The van der Waals surface area contributed by atoms with Gasteiger partial charge in [-0.1, -0.05) is 0 Å². The molecule has 2 unspecified atom stereocenters. The molecule has 0 aliphatic carbocycles. The van der Waals surface area contributed by atoms with Crippen LogP contribution in [0.25, 0.3) is 0 Å². The lowest BCUT2D eigenvalue weighted by atomic mass is 9.88. The van der Waals surface area contributed by atoms with E-state index in [0.29, 0.717) is 31.9 Å². The number of ketones is 1. The molecule has 2 N–H and O–H groups in total. The number of amides is 1. The predicted octanol–water partition coefficient (Wildman–Crippen LogP) is 2.42. The number of nitrogens with two attached hydrogens (primary N) is 1. The molecular weight excluding hydrogens is 359 g/mol. The maximum atomic E-state index is 13.0. The van der Waals surface area contributed by atoms with E-state index in [1.807, 2.05) is 0 Å². The van der Waals surface area contributed by atoms with E-state index in [0.717, 1.165) is 25.7 Å². The number of rotatable bonds is 4. The average molecular weight is 385 g/mol. The second-order valence-electron chi connectivity index (χ2n) is 6.97. The number of ether oxygens (including phenoxy) is 1. The molecule has 26 heavy (non-hydrogen) atoms. The second-order valence-corrected chi connectivity index (χ2v) is 6.97. The summed E-state index contributed by atoms with van der Waals surface area (Å²) in [6.45, 7) is 2.34. The highest BCUT2D eigenvalue weighted by Crippen LogP contribution is 2.24. The van der Waals surface area contributed by atoms with Gasteiger partial charge in [0.25, 0.3) is 0 Å².